The van der Waals surface area contributed by atoms with Gasteiger partial charge in [0.15, 0.2) is 0 Å². The first-order chi connectivity index (χ1) is 7.74. The minimum absolute atomic E-state index is 0.0245. The molecule has 94 valence electrons. The molecule has 1 saturated carbocycles. The van der Waals surface area contributed by atoms with Crippen LogP contribution in [0, 0.1) is 11.8 Å². The molecule has 0 bridgehead atoms. The molecule has 0 saturated heterocycles. The van der Waals surface area contributed by atoms with Crippen LogP contribution < -0.4 is 5.32 Å². The topological polar surface area (TPSA) is 38.3 Å². The maximum atomic E-state index is 11.6. The van der Waals surface area contributed by atoms with Crippen LogP contribution in [0.15, 0.2) is 0 Å². The first-order valence-electron chi connectivity index (χ1n) is 6.61. The second-order valence-corrected chi connectivity index (χ2v) is 4.84. The fourth-order valence-electron chi connectivity index (χ4n) is 2.14. The highest BCUT2D eigenvalue weighted by molar-refractivity contribution is 5.72. The van der Waals surface area contributed by atoms with Gasteiger partial charge in [0.1, 0.15) is 0 Å². The Hall–Kier alpha value is -0.570. The number of esters is 1. The Morgan fingerprint density at radius 2 is 2.06 bits per heavy atom. The van der Waals surface area contributed by atoms with E-state index in [2.05, 4.69) is 5.32 Å². The van der Waals surface area contributed by atoms with Gasteiger partial charge in [0.2, 0.25) is 0 Å². The van der Waals surface area contributed by atoms with Crippen molar-refractivity contribution in [2.24, 2.45) is 11.8 Å². The van der Waals surface area contributed by atoms with Crippen molar-refractivity contribution in [3.8, 4) is 0 Å². The van der Waals surface area contributed by atoms with E-state index in [0.29, 0.717) is 12.5 Å². The van der Waals surface area contributed by atoms with Gasteiger partial charge in [-0.1, -0.05) is 33.1 Å². The summed E-state index contributed by atoms with van der Waals surface area (Å²) in [5, 5.41) is 3.17. The minimum Gasteiger partial charge on any atom is -0.465 e. The highest BCUT2D eigenvalue weighted by Gasteiger charge is 2.18. The van der Waals surface area contributed by atoms with Gasteiger partial charge < -0.3 is 10.1 Å². The van der Waals surface area contributed by atoms with Crippen molar-refractivity contribution in [2.45, 2.75) is 46.0 Å². The van der Waals surface area contributed by atoms with Gasteiger partial charge in [0, 0.05) is 6.54 Å². The van der Waals surface area contributed by atoms with Crippen molar-refractivity contribution in [2.75, 3.05) is 19.7 Å². The summed E-state index contributed by atoms with van der Waals surface area (Å²) in [6.07, 6.45) is 6.41. The van der Waals surface area contributed by atoms with Gasteiger partial charge in [-0.3, -0.25) is 4.79 Å². The second kappa shape index (κ2) is 7.66. The highest BCUT2D eigenvalue weighted by atomic mass is 16.5. The zero-order valence-electron chi connectivity index (χ0n) is 10.6. The van der Waals surface area contributed by atoms with Crippen LogP contribution in [0.1, 0.15) is 46.0 Å². The second-order valence-electron chi connectivity index (χ2n) is 4.84. The molecule has 1 aliphatic carbocycles. The largest absolute Gasteiger partial charge is 0.465 e. The standard InChI is InChI=1S/C13H25NO2/c1-3-14-9-11(2)13(15)16-10-12-7-5-4-6-8-12/h11-12,14H,3-10H2,1-2H3. The molecule has 3 heteroatoms. The van der Waals surface area contributed by atoms with Crippen molar-refractivity contribution in [1.29, 1.82) is 0 Å². The highest BCUT2D eigenvalue weighted by Crippen LogP contribution is 2.23. The summed E-state index contributed by atoms with van der Waals surface area (Å²) in [6, 6.07) is 0. The van der Waals surface area contributed by atoms with Gasteiger partial charge in [-0.05, 0) is 25.3 Å². The lowest BCUT2D eigenvalue weighted by Gasteiger charge is -2.22. The van der Waals surface area contributed by atoms with E-state index in [1.165, 1.54) is 32.1 Å². The van der Waals surface area contributed by atoms with Crippen LogP contribution in [0.2, 0.25) is 0 Å². The summed E-state index contributed by atoms with van der Waals surface area (Å²) in [5.41, 5.74) is 0. The van der Waals surface area contributed by atoms with Gasteiger partial charge in [0.05, 0.1) is 12.5 Å². The fourth-order valence-corrected chi connectivity index (χ4v) is 2.14. The van der Waals surface area contributed by atoms with E-state index in [1.54, 1.807) is 0 Å². The summed E-state index contributed by atoms with van der Waals surface area (Å²) < 4.78 is 5.36. The predicted molar refractivity (Wildman–Crippen MR) is 65.2 cm³/mol. The third kappa shape index (κ3) is 4.97. The molecule has 1 fully saturated rings. The molecule has 0 spiro atoms. The van der Waals surface area contributed by atoms with Gasteiger partial charge in [-0.25, -0.2) is 0 Å². The zero-order chi connectivity index (χ0) is 11.8. The number of ether oxygens (including phenoxy) is 1. The van der Waals surface area contributed by atoms with Gasteiger partial charge in [-0.15, -0.1) is 0 Å². The molecule has 0 amide bonds. The van der Waals surface area contributed by atoms with Crippen molar-refractivity contribution in [3.63, 3.8) is 0 Å². The van der Waals surface area contributed by atoms with Crippen molar-refractivity contribution < 1.29 is 9.53 Å². The van der Waals surface area contributed by atoms with Crippen LogP contribution >= 0.6 is 0 Å². The summed E-state index contributed by atoms with van der Waals surface area (Å²) in [6.45, 7) is 6.22. The van der Waals surface area contributed by atoms with Crippen LogP contribution in [-0.2, 0) is 9.53 Å². The Balaban J connectivity index is 2.12. The molecule has 0 aromatic heterocycles. The molecule has 3 nitrogen and oxygen atoms in total. The van der Waals surface area contributed by atoms with E-state index >= 15 is 0 Å². The molecule has 1 N–H and O–H groups in total. The smallest absolute Gasteiger partial charge is 0.309 e. The Morgan fingerprint density at radius 3 is 2.69 bits per heavy atom. The number of carbonyl (C=O) groups is 1. The lowest BCUT2D eigenvalue weighted by atomic mass is 9.90. The average molecular weight is 227 g/mol. The lowest BCUT2D eigenvalue weighted by molar-refractivity contribution is -0.149. The summed E-state index contributed by atoms with van der Waals surface area (Å²) in [4.78, 5) is 11.6. The average Bonchev–Trinajstić information content (AvgIpc) is 2.34. The molecule has 0 aliphatic heterocycles. The molecule has 1 unspecified atom stereocenters. The lowest BCUT2D eigenvalue weighted by Crippen LogP contribution is -2.29. The Morgan fingerprint density at radius 1 is 1.38 bits per heavy atom. The number of nitrogens with one attached hydrogen (secondary N) is 1. The third-order valence-electron chi connectivity index (χ3n) is 3.29. The summed E-state index contributed by atoms with van der Waals surface area (Å²) in [7, 11) is 0. The summed E-state index contributed by atoms with van der Waals surface area (Å²) >= 11 is 0. The number of rotatable bonds is 6. The van der Waals surface area contributed by atoms with Crippen LogP contribution in [0.5, 0.6) is 0 Å². The molecule has 1 atom stereocenters. The monoisotopic (exact) mass is 227 g/mol. The van der Waals surface area contributed by atoms with Gasteiger partial charge in [0.25, 0.3) is 0 Å². The number of hydrogen-bond acceptors (Lipinski definition) is 3. The molecule has 0 aromatic rings. The van der Waals surface area contributed by atoms with Crippen LogP contribution in [0.3, 0.4) is 0 Å². The van der Waals surface area contributed by atoms with Crippen molar-refractivity contribution >= 4 is 5.97 Å². The molecule has 1 rings (SSSR count). The quantitative estimate of drug-likeness (QED) is 0.708. The van der Waals surface area contributed by atoms with Gasteiger partial charge in [-0.2, -0.15) is 0 Å². The molecule has 0 heterocycles. The Kier molecular flexibility index (Phi) is 6.46. The van der Waals surface area contributed by atoms with Gasteiger partial charge >= 0.3 is 5.97 Å². The maximum absolute atomic E-state index is 11.6. The maximum Gasteiger partial charge on any atom is 0.309 e. The number of carbonyl (C=O) groups excluding carboxylic acids is 1. The van der Waals surface area contributed by atoms with E-state index in [-0.39, 0.29) is 11.9 Å². The summed E-state index contributed by atoms with van der Waals surface area (Å²) in [5.74, 6) is 0.541. The fraction of sp³-hybridized carbons (Fsp3) is 0.923. The van der Waals surface area contributed by atoms with E-state index in [1.807, 2.05) is 13.8 Å². The van der Waals surface area contributed by atoms with Crippen molar-refractivity contribution in [1.82, 2.24) is 5.32 Å². The third-order valence-corrected chi connectivity index (χ3v) is 3.29. The molecular formula is C13H25NO2. The number of hydrogen-bond donors (Lipinski definition) is 1. The first-order valence-corrected chi connectivity index (χ1v) is 6.61. The molecule has 16 heavy (non-hydrogen) atoms. The van der Waals surface area contributed by atoms with E-state index < -0.39 is 0 Å². The minimum atomic E-state index is -0.0495. The molecule has 0 aromatic carbocycles. The normalized spacial score (nSPS) is 19.4. The van der Waals surface area contributed by atoms with Crippen molar-refractivity contribution in [3.05, 3.63) is 0 Å². The Labute approximate surface area is 98.9 Å². The predicted octanol–water partition coefficient (Wildman–Crippen LogP) is 2.36. The Bertz CT molecular complexity index is 200. The van der Waals surface area contributed by atoms with E-state index in [0.717, 1.165) is 13.1 Å². The zero-order valence-corrected chi connectivity index (χ0v) is 10.6. The van der Waals surface area contributed by atoms with Crippen LogP contribution in [-0.4, -0.2) is 25.7 Å². The SMILES string of the molecule is CCNCC(C)C(=O)OCC1CCCCC1. The first kappa shape index (κ1) is 13.5. The van der Waals surface area contributed by atoms with Crippen LogP contribution in [0.25, 0.3) is 0 Å². The molecular weight excluding hydrogens is 202 g/mol. The molecule has 0 radical (unpaired) electrons. The van der Waals surface area contributed by atoms with Crippen LogP contribution in [0.4, 0.5) is 0 Å². The molecule has 1 aliphatic rings. The van der Waals surface area contributed by atoms with E-state index in [4.69, 9.17) is 4.74 Å². The van der Waals surface area contributed by atoms with E-state index in [9.17, 15) is 4.79 Å².